The molecule has 0 radical (unpaired) electrons. The van der Waals surface area contributed by atoms with Crippen molar-refractivity contribution in [2.75, 3.05) is 11.4 Å². The van der Waals surface area contributed by atoms with Crippen LogP contribution in [0.2, 0.25) is 0 Å². The highest BCUT2D eigenvalue weighted by molar-refractivity contribution is 5.57. The lowest BCUT2D eigenvalue weighted by Crippen LogP contribution is -2.29. The maximum atomic E-state index is 6.01. The van der Waals surface area contributed by atoms with Crippen molar-refractivity contribution < 1.29 is 0 Å². The predicted molar refractivity (Wildman–Crippen MR) is 89.6 cm³/mol. The van der Waals surface area contributed by atoms with E-state index in [-0.39, 0.29) is 6.04 Å². The minimum absolute atomic E-state index is 0.113. The van der Waals surface area contributed by atoms with Crippen molar-refractivity contribution in [1.29, 1.82) is 0 Å². The number of rotatable bonds is 3. The van der Waals surface area contributed by atoms with E-state index >= 15 is 0 Å². The topological polar surface area (TPSA) is 29.3 Å². The summed E-state index contributed by atoms with van der Waals surface area (Å²) in [7, 11) is 0. The summed E-state index contributed by atoms with van der Waals surface area (Å²) in [4.78, 5) is 2.50. The lowest BCUT2D eigenvalue weighted by molar-refractivity contribution is 0.688. The molecule has 2 heteroatoms. The first-order chi connectivity index (χ1) is 10.1. The molecule has 0 amide bonds. The van der Waals surface area contributed by atoms with E-state index in [1.165, 1.54) is 40.8 Å². The van der Waals surface area contributed by atoms with Crippen LogP contribution < -0.4 is 10.6 Å². The number of anilines is 1. The van der Waals surface area contributed by atoms with Crippen molar-refractivity contribution in [2.45, 2.75) is 39.3 Å². The van der Waals surface area contributed by atoms with Gasteiger partial charge in [-0.2, -0.15) is 0 Å². The molecule has 1 aliphatic heterocycles. The summed E-state index contributed by atoms with van der Waals surface area (Å²) < 4.78 is 0. The number of aryl methyl sites for hydroxylation is 2. The zero-order chi connectivity index (χ0) is 14.8. The van der Waals surface area contributed by atoms with Crippen LogP contribution >= 0.6 is 0 Å². The van der Waals surface area contributed by atoms with Gasteiger partial charge in [-0.3, -0.25) is 0 Å². The quantitative estimate of drug-likeness (QED) is 0.922. The Morgan fingerprint density at radius 2 is 2.05 bits per heavy atom. The highest BCUT2D eigenvalue weighted by atomic mass is 15.1. The van der Waals surface area contributed by atoms with Crippen molar-refractivity contribution in [3.8, 4) is 0 Å². The lowest BCUT2D eigenvalue weighted by Gasteiger charge is -2.32. The lowest BCUT2D eigenvalue weighted by atomic mass is 9.96. The molecular weight excluding hydrogens is 256 g/mol. The standard InChI is InChI=1S/C19H24N2/c1-14-5-3-6-16(11-14)13-21-10-4-7-18-12-17(15(2)20)8-9-19(18)21/h3,5-6,8-9,11-12,15H,4,7,10,13,20H2,1-2H3. The van der Waals surface area contributed by atoms with Gasteiger partial charge in [-0.1, -0.05) is 42.0 Å². The van der Waals surface area contributed by atoms with Gasteiger partial charge in [-0.05, 0) is 49.4 Å². The van der Waals surface area contributed by atoms with Crippen LogP contribution in [0.1, 0.15) is 41.6 Å². The number of nitrogens with two attached hydrogens (primary N) is 1. The molecule has 0 spiro atoms. The third kappa shape index (κ3) is 3.11. The molecule has 2 nitrogen and oxygen atoms in total. The molecular formula is C19H24N2. The molecule has 2 aromatic carbocycles. The van der Waals surface area contributed by atoms with E-state index < -0.39 is 0 Å². The monoisotopic (exact) mass is 280 g/mol. The van der Waals surface area contributed by atoms with Gasteiger partial charge in [-0.15, -0.1) is 0 Å². The Hall–Kier alpha value is -1.80. The van der Waals surface area contributed by atoms with E-state index in [0.29, 0.717) is 0 Å². The number of fused-ring (bicyclic) bond motifs is 1. The summed E-state index contributed by atoms with van der Waals surface area (Å²) in [6.45, 7) is 6.34. The second-order valence-corrected chi connectivity index (χ2v) is 6.19. The van der Waals surface area contributed by atoms with Crippen molar-refractivity contribution >= 4 is 5.69 Å². The fraction of sp³-hybridized carbons (Fsp3) is 0.368. The summed E-state index contributed by atoms with van der Waals surface area (Å²) in [5.41, 5.74) is 12.8. The van der Waals surface area contributed by atoms with Gasteiger partial charge in [-0.25, -0.2) is 0 Å². The van der Waals surface area contributed by atoms with Crippen molar-refractivity contribution in [1.82, 2.24) is 0 Å². The van der Waals surface area contributed by atoms with Crippen molar-refractivity contribution in [3.63, 3.8) is 0 Å². The van der Waals surface area contributed by atoms with Crippen LogP contribution in [0.3, 0.4) is 0 Å². The fourth-order valence-electron chi connectivity index (χ4n) is 3.17. The Kier molecular flexibility index (Phi) is 3.98. The van der Waals surface area contributed by atoms with Crippen LogP contribution in [0.5, 0.6) is 0 Å². The van der Waals surface area contributed by atoms with Gasteiger partial charge in [0.25, 0.3) is 0 Å². The van der Waals surface area contributed by atoms with E-state index in [0.717, 1.165) is 13.1 Å². The van der Waals surface area contributed by atoms with Crippen LogP contribution in [0.25, 0.3) is 0 Å². The first-order valence-electron chi connectivity index (χ1n) is 7.82. The molecule has 1 aliphatic rings. The summed E-state index contributed by atoms with van der Waals surface area (Å²) >= 11 is 0. The number of hydrogen-bond acceptors (Lipinski definition) is 2. The van der Waals surface area contributed by atoms with Gasteiger partial charge >= 0.3 is 0 Å². The number of nitrogens with zero attached hydrogens (tertiary/aromatic N) is 1. The van der Waals surface area contributed by atoms with Crippen LogP contribution in [0.4, 0.5) is 5.69 Å². The molecule has 0 aliphatic carbocycles. The van der Waals surface area contributed by atoms with Gasteiger partial charge in [0, 0.05) is 24.8 Å². The molecule has 0 bridgehead atoms. The zero-order valence-electron chi connectivity index (χ0n) is 13.0. The Labute approximate surface area is 127 Å². The Bertz CT molecular complexity index is 631. The zero-order valence-corrected chi connectivity index (χ0v) is 13.0. The molecule has 3 rings (SSSR count). The van der Waals surface area contributed by atoms with Gasteiger partial charge in [0.2, 0.25) is 0 Å². The summed E-state index contributed by atoms with van der Waals surface area (Å²) in [5, 5.41) is 0. The van der Waals surface area contributed by atoms with Gasteiger partial charge < -0.3 is 10.6 Å². The fourth-order valence-corrected chi connectivity index (χ4v) is 3.17. The summed E-state index contributed by atoms with van der Waals surface area (Å²) in [6, 6.07) is 15.6. The smallest absolute Gasteiger partial charge is 0.0429 e. The SMILES string of the molecule is Cc1cccc(CN2CCCc3cc(C(C)N)ccc32)c1. The molecule has 21 heavy (non-hydrogen) atoms. The number of hydrogen-bond donors (Lipinski definition) is 1. The molecule has 1 heterocycles. The van der Waals surface area contributed by atoms with Crippen molar-refractivity contribution in [2.24, 2.45) is 5.73 Å². The minimum atomic E-state index is 0.113. The van der Waals surface area contributed by atoms with Crippen molar-refractivity contribution in [3.05, 3.63) is 64.7 Å². The Morgan fingerprint density at radius 1 is 1.19 bits per heavy atom. The number of benzene rings is 2. The predicted octanol–water partition coefficient (Wildman–Crippen LogP) is 3.97. The molecule has 0 aromatic heterocycles. The molecule has 2 aromatic rings. The van der Waals surface area contributed by atoms with Crippen LogP contribution in [0.15, 0.2) is 42.5 Å². The summed E-state index contributed by atoms with van der Waals surface area (Å²) in [6.07, 6.45) is 2.39. The largest absolute Gasteiger partial charge is 0.367 e. The first kappa shape index (κ1) is 14.2. The first-order valence-corrected chi connectivity index (χ1v) is 7.82. The Morgan fingerprint density at radius 3 is 2.81 bits per heavy atom. The third-order valence-corrected chi connectivity index (χ3v) is 4.30. The van der Waals surface area contributed by atoms with Crippen LogP contribution in [0, 0.1) is 6.92 Å². The van der Waals surface area contributed by atoms with Crippen LogP contribution in [-0.2, 0) is 13.0 Å². The van der Waals surface area contributed by atoms with E-state index in [2.05, 4.69) is 61.2 Å². The average Bonchev–Trinajstić information content (AvgIpc) is 2.47. The van der Waals surface area contributed by atoms with E-state index in [1.54, 1.807) is 0 Å². The summed E-state index contributed by atoms with van der Waals surface area (Å²) in [5.74, 6) is 0. The van der Waals surface area contributed by atoms with E-state index in [9.17, 15) is 0 Å². The molecule has 0 saturated carbocycles. The molecule has 1 unspecified atom stereocenters. The Balaban J connectivity index is 1.86. The maximum Gasteiger partial charge on any atom is 0.0429 e. The van der Waals surface area contributed by atoms with Gasteiger partial charge in [0.05, 0.1) is 0 Å². The van der Waals surface area contributed by atoms with Gasteiger partial charge in [0.15, 0.2) is 0 Å². The van der Waals surface area contributed by atoms with Gasteiger partial charge in [0.1, 0.15) is 0 Å². The molecule has 110 valence electrons. The third-order valence-electron chi connectivity index (χ3n) is 4.30. The highest BCUT2D eigenvalue weighted by Crippen LogP contribution is 2.30. The average molecular weight is 280 g/mol. The molecule has 0 fully saturated rings. The van der Waals surface area contributed by atoms with E-state index in [4.69, 9.17) is 5.73 Å². The minimum Gasteiger partial charge on any atom is -0.367 e. The molecule has 2 N–H and O–H groups in total. The highest BCUT2D eigenvalue weighted by Gasteiger charge is 2.17. The second-order valence-electron chi connectivity index (χ2n) is 6.19. The maximum absolute atomic E-state index is 6.01. The second kappa shape index (κ2) is 5.90. The molecule has 1 atom stereocenters. The van der Waals surface area contributed by atoms with E-state index in [1.807, 2.05) is 0 Å². The normalized spacial score (nSPS) is 15.7. The molecule has 0 saturated heterocycles. The van der Waals surface area contributed by atoms with Crippen LogP contribution in [-0.4, -0.2) is 6.54 Å².